The molecule has 0 atom stereocenters. The molecule has 3 aromatic rings. The van der Waals surface area contributed by atoms with Gasteiger partial charge in [-0.1, -0.05) is 17.8 Å². The third-order valence-electron chi connectivity index (χ3n) is 2.70. The Bertz CT molecular complexity index is 770. The third-order valence-corrected chi connectivity index (χ3v) is 4.79. The number of thioether (sulfide) groups is 1. The first-order valence-electron chi connectivity index (χ1n) is 5.58. The van der Waals surface area contributed by atoms with Crippen molar-refractivity contribution < 1.29 is 14.3 Å². The monoisotopic (exact) mass is 309 g/mol. The van der Waals surface area contributed by atoms with Crippen LogP contribution in [0.1, 0.15) is 15.2 Å². The number of hydrogen-bond donors (Lipinski definition) is 2. The van der Waals surface area contributed by atoms with Crippen LogP contribution < -0.4 is 0 Å². The third kappa shape index (κ3) is 2.27. The number of H-pyrrole nitrogens is 1. The van der Waals surface area contributed by atoms with Gasteiger partial charge in [-0.25, -0.2) is 14.2 Å². The van der Waals surface area contributed by atoms with E-state index >= 15 is 0 Å². The molecule has 0 unspecified atom stereocenters. The first-order chi connectivity index (χ1) is 9.66. The molecule has 8 heteroatoms. The van der Waals surface area contributed by atoms with Gasteiger partial charge >= 0.3 is 5.97 Å². The van der Waals surface area contributed by atoms with Gasteiger partial charge in [0, 0.05) is 15.8 Å². The number of thiophene rings is 1. The van der Waals surface area contributed by atoms with Gasteiger partial charge in [0.15, 0.2) is 5.16 Å². The maximum Gasteiger partial charge on any atom is 0.346 e. The molecule has 0 fully saturated rings. The summed E-state index contributed by atoms with van der Waals surface area (Å²) in [6, 6.07) is 4.63. The van der Waals surface area contributed by atoms with E-state index in [-0.39, 0.29) is 4.88 Å². The molecule has 0 aliphatic rings. The second kappa shape index (κ2) is 5.22. The van der Waals surface area contributed by atoms with E-state index in [2.05, 4.69) is 15.2 Å². The number of halogens is 1. The van der Waals surface area contributed by atoms with Crippen molar-refractivity contribution in [2.75, 3.05) is 0 Å². The maximum atomic E-state index is 14.0. The van der Waals surface area contributed by atoms with Crippen molar-refractivity contribution in [3.63, 3.8) is 0 Å². The van der Waals surface area contributed by atoms with E-state index in [9.17, 15) is 14.3 Å². The van der Waals surface area contributed by atoms with Gasteiger partial charge in [0.1, 0.15) is 17.0 Å². The van der Waals surface area contributed by atoms with Crippen LogP contribution in [0.25, 0.3) is 10.1 Å². The molecule has 0 bridgehead atoms. The van der Waals surface area contributed by atoms with Crippen molar-refractivity contribution in [3.05, 3.63) is 40.8 Å². The Balaban J connectivity index is 2.06. The van der Waals surface area contributed by atoms with Crippen molar-refractivity contribution in [2.24, 2.45) is 0 Å². The first-order valence-corrected chi connectivity index (χ1v) is 7.38. The molecule has 102 valence electrons. The van der Waals surface area contributed by atoms with Crippen LogP contribution in [-0.2, 0) is 5.75 Å². The molecule has 2 heterocycles. The van der Waals surface area contributed by atoms with Crippen LogP contribution in [-0.4, -0.2) is 26.3 Å². The van der Waals surface area contributed by atoms with Gasteiger partial charge in [-0.15, -0.1) is 11.3 Å². The zero-order chi connectivity index (χ0) is 14.1. The van der Waals surface area contributed by atoms with E-state index in [1.165, 1.54) is 24.2 Å². The van der Waals surface area contributed by atoms with Gasteiger partial charge in [-0.05, 0) is 17.7 Å². The fourth-order valence-corrected chi connectivity index (χ4v) is 3.86. The second-order valence-corrected chi connectivity index (χ2v) is 5.92. The molecule has 0 saturated carbocycles. The number of aromatic nitrogens is 3. The van der Waals surface area contributed by atoms with Crippen LogP contribution in [0.2, 0.25) is 0 Å². The van der Waals surface area contributed by atoms with Crippen LogP contribution in [0.3, 0.4) is 0 Å². The van der Waals surface area contributed by atoms with E-state index in [1.807, 2.05) is 0 Å². The summed E-state index contributed by atoms with van der Waals surface area (Å²) >= 11 is 2.37. The normalized spacial score (nSPS) is 11.1. The van der Waals surface area contributed by atoms with E-state index in [0.717, 1.165) is 11.3 Å². The van der Waals surface area contributed by atoms with Crippen molar-refractivity contribution >= 4 is 39.2 Å². The van der Waals surface area contributed by atoms with Gasteiger partial charge in [-0.3, -0.25) is 5.10 Å². The number of aromatic amines is 1. The number of carboxylic acid groups (broad SMARTS) is 1. The molecule has 2 aromatic heterocycles. The highest BCUT2D eigenvalue weighted by Crippen LogP contribution is 2.36. The first kappa shape index (κ1) is 13.1. The lowest BCUT2D eigenvalue weighted by atomic mass is 10.1. The number of nitrogens with one attached hydrogen (secondary N) is 1. The lowest BCUT2D eigenvalue weighted by molar-refractivity contribution is 0.0701. The largest absolute Gasteiger partial charge is 0.477 e. The number of hydrogen-bond acceptors (Lipinski definition) is 5. The molecule has 0 aliphatic heterocycles. The highest BCUT2D eigenvalue weighted by Gasteiger charge is 2.20. The highest BCUT2D eigenvalue weighted by atomic mass is 32.2. The van der Waals surface area contributed by atoms with E-state index in [0.29, 0.717) is 26.6 Å². The maximum absolute atomic E-state index is 14.0. The zero-order valence-corrected chi connectivity index (χ0v) is 11.6. The Labute approximate surface area is 120 Å². The average molecular weight is 309 g/mol. The Hall–Kier alpha value is -1.93. The topological polar surface area (TPSA) is 78.9 Å². The number of carbonyl (C=O) groups is 1. The van der Waals surface area contributed by atoms with Crippen LogP contribution >= 0.6 is 23.1 Å². The predicted octanol–water partition coefficient (Wildman–Crippen LogP) is 3.15. The smallest absolute Gasteiger partial charge is 0.346 e. The van der Waals surface area contributed by atoms with Crippen molar-refractivity contribution in [1.82, 2.24) is 15.2 Å². The van der Waals surface area contributed by atoms with Crippen molar-refractivity contribution in [2.45, 2.75) is 10.9 Å². The summed E-state index contributed by atoms with van der Waals surface area (Å²) in [5, 5.41) is 16.6. The molecule has 5 nitrogen and oxygen atoms in total. The summed E-state index contributed by atoms with van der Waals surface area (Å²) in [6.45, 7) is 0. The van der Waals surface area contributed by atoms with Crippen LogP contribution in [0.4, 0.5) is 4.39 Å². The van der Waals surface area contributed by atoms with E-state index < -0.39 is 11.8 Å². The summed E-state index contributed by atoms with van der Waals surface area (Å²) in [4.78, 5) is 15.4. The summed E-state index contributed by atoms with van der Waals surface area (Å²) in [5.41, 5.74) is 0.483. The predicted molar refractivity (Wildman–Crippen MR) is 74.7 cm³/mol. The molecular formula is C12H8FN3O2S2. The molecule has 0 radical (unpaired) electrons. The molecule has 1 aromatic carbocycles. The SMILES string of the molecule is O=C(O)c1sc2cccc(F)c2c1CSc1ncn[nH]1. The summed E-state index contributed by atoms with van der Waals surface area (Å²) in [6.07, 6.45) is 1.37. The van der Waals surface area contributed by atoms with Gasteiger partial charge in [-0.2, -0.15) is 5.10 Å². The van der Waals surface area contributed by atoms with Gasteiger partial charge in [0.05, 0.1) is 0 Å². The molecule has 0 saturated heterocycles. The molecule has 0 amide bonds. The number of rotatable bonds is 4. The lowest BCUT2D eigenvalue weighted by Crippen LogP contribution is -1.97. The number of fused-ring (bicyclic) bond motifs is 1. The number of benzene rings is 1. The van der Waals surface area contributed by atoms with Crippen LogP contribution in [0, 0.1) is 5.82 Å². The van der Waals surface area contributed by atoms with Crippen LogP contribution in [0.15, 0.2) is 29.7 Å². The molecule has 0 aliphatic carbocycles. The molecular weight excluding hydrogens is 301 g/mol. The van der Waals surface area contributed by atoms with E-state index in [4.69, 9.17) is 0 Å². The number of aromatic carboxylic acids is 1. The Kier molecular flexibility index (Phi) is 3.41. The fraction of sp³-hybridized carbons (Fsp3) is 0.0833. The van der Waals surface area contributed by atoms with E-state index in [1.54, 1.807) is 12.1 Å². The molecule has 20 heavy (non-hydrogen) atoms. The molecule has 3 rings (SSSR count). The van der Waals surface area contributed by atoms with Crippen LogP contribution in [0.5, 0.6) is 0 Å². The Morgan fingerprint density at radius 1 is 1.50 bits per heavy atom. The summed E-state index contributed by atoms with van der Waals surface area (Å²) in [7, 11) is 0. The number of carboxylic acids is 1. The minimum absolute atomic E-state index is 0.164. The molecule has 2 N–H and O–H groups in total. The van der Waals surface area contributed by atoms with Gasteiger partial charge in [0.2, 0.25) is 0 Å². The highest BCUT2D eigenvalue weighted by molar-refractivity contribution is 7.98. The fourth-order valence-electron chi connectivity index (χ4n) is 1.88. The second-order valence-electron chi connectivity index (χ2n) is 3.91. The zero-order valence-electron chi connectivity index (χ0n) is 9.96. The Morgan fingerprint density at radius 2 is 2.35 bits per heavy atom. The summed E-state index contributed by atoms with van der Waals surface area (Å²) < 4.78 is 14.6. The minimum atomic E-state index is -1.04. The standard InChI is InChI=1S/C12H8FN3O2S2/c13-7-2-1-3-8-9(7)6(10(20-8)11(17)18)4-19-12-14-5-15-16-12/h1-3,5H,4H2,(H,17,18)(H,14,15,16). The lowest BCUT2D eigenvalue weighted by Gasteiger charge is -2.01. The molecule has 0 spiro atoms. The van der Waals surface area contributed by atoms with Crippen molar-refractivity contribution in [1.29, 1.82) is 0 Å². The Morgan fingerprint density at radius 3 is 3.05 bits per heavy atom. The number of nitrogens with zero attached hydrogens (tertiary/aromatic N) is 2. The minimum Gasteiger partial charge on any atom is -0.477 e. The van der Waals surface area contributed by atoms with Gasteiger partial charge in [0.25, 0.3) is 0 Å². The summed E-state index contributed by atoms with van der Waals surface area (Å²) in [5.74, 6) is -1.13. The average Bonchev–Trinajstić information content (AvgIpc) is 3.03. The van der Waals surface area contributed by atoms with Gasteiger partial charge < -0.3 is 5.11 Å². The quantitative estimate of drug-likeness (QED) is 0.724. The van der Waals surface area contributed by atoms with Crippen molar-refractivity contribution in [3.8, 4) is 0 Å².